The van der Waals surface area contributed by atoms with Crippen LogP contribution in [0.1, 0.15) is 221 Å². The van der Waals surface area contributed by atoms with E-state index < -0.39 is 0 Å². The SMILES string of the molecule is CCCCCCCCCCCCCC(=O)OC(CC)CCCC(=O)OC(CC)CCCC(=O)OC(CC)CCCC(=O)OCC(CC)CCCC. The highest BCUT2D eigenvalue weighted by atomic mass is 16.6. The van der Waals surface area contributed by atoms with Crippen LogP contribution >= 0.6 is 0 Å². The Morgan fingerprint density at radius 1 is 0.373 bits per heavy atom. The second-order valence-electron chi connectivity index (χ2n) is 14.6. The summed E-state index contributed by atoms with van der Waals surface area (Å²) in [6.45, 7) is 13.0. The van der Waals surface area contributed by atoms with Gasteiger partial charge in [-0.3, -0.25) is 19.2 Å². The summed E-state index contributed by atoms with van der Waals surface area (Å²) in [7, 11) is 0. The van der Waals surface area contributed by atoms with Crippen molar-refractivity contribution < 1.29 is 38.1 Å². The number of unbranched alkanes of at least 4 members (excludes halogenated alkanes) is 11. The summed E-state index contributed by atoms with van der Waals surface area (Å²) in [6, 6.07) is 0. The minimum absolute atomic E-state index is 0.131. The highest BCUT2D eigenvalue weighted by Gasteiger charge is 2.18. The first-order chi connectivity index (χ1) is 24.7. The molecule has 0 aromatic heterocycles. The van der Waals surface area contributed by atoms with Crippen LogP contribution in [-0.2, 0) is 38.1 Å². The van der Waals surface area contributed by atoms with E-state index >= 15 is 0 Å². The third-order valence-electron chi connectivity index (χ3n) is 9.99. The fraction of sp³-hybridized carbons (Fsp3) is 0.907. The first-order valence-electron chi connectivity index (χ1n) is 21.5. The fourth-order valence-corrected chi connectivity index (χ4v) is 6.31. The van der Waals surface area contributed by atoms with Gasteiger partial charge in [0.25, 0.3) is 0 Å². The minimum atomic E-state index is -0.254. The lowest BCUT2D eigenvalue weighted by atomic mass is 10.0. The van der Waals surface area contributed by atoms with E-state index in [0.29, 0.717) is 76.7 Å². The van der Waals surface area contributed by atoms with E-state index in [9.17, 15) is 19.2 Å². The van der Waals surface area contributed by atoms with E-state index in [-0.39, 0.29) is 55.0 Å². The third-order valence-corrected chi connectivity index (χ3v) is 9.99. The molecule has 8 heteroatoms. The average Bonchev–Trinajstić information content (AvgIpc) is 3.12. The van der Waals surface area contributed by atoms with Gasteiger partial charge in [-0.05, 0) is 76.5 Å². The standard InChI is InChI=1S/C43H80O8/c1-7-13-15-16-17-18-19-20-21-22-23-31-41(45)49-38(11-5)29-25-33-43(47)51-39(12-6)30-26-34-42(46)50-37(10-4)28-24-32-40(44)48-35-36(9-3)27-14-8-2/h36-39H,7-35H2,1-6H3. The number of hydrogen-bond acceptors (Lipinski definition) is 8. The summed E-state index contributed by atoms with van der Waals surface area (Å²) in [5, 5.41) is 0. The van der Waals surface area contributed by atoms with Crippen LogP contribution in [0, 0.1) is 5.92 Å². The Labute approximate surface area is 313 Å². The van der Waals surface area contributed by atoms with Crippen molar-refractivity contribution in [2.24, 2.45) is 5.92 Å². The maximum atomic E-state index is 12.5. The van der Waals surface area contributed by atoms with Crippen molar-refractivity contribution in [2.45, 2.75) is 240 Å². The summed E-state index contributed by atoms with van der Waals surface area (Å²) in [6.07, 6.45) is 24.7. The van der Waals surface area contributed by atoms with E-state index in [1.807, 2.05) is 20.8 Å². The molecule has 0 heterocycles. The van der Waals surface area contributed by atoms with Crippen LogP contribution < -0.4 is 0 Å². The van der Waals surface area contributed by atoms with E-state index in [4.69, 9.17) is 18.9 Å². The molecule has 0 spiro atoms. The summed E-state index contributed by atoms with van der Waals surface area (Å²) in [5.74, 6) is -0.379. The van der Waals surface area contributed by atoms with Gasteiger partial charge < -0.3 is 18.9 Å². The lowest BCUT2D eigenvalue weighted by Crippen LogP contribution is -2.21. The predicted molar refractivity (Wildman–Crippen MR) is 207 cm³/mol. The summed E-state index contributed by atoms with van der Waals surface area (Å²) >= 11 is 0. The van der Waals surface area contributed by atoms with E-state index in [0.717, 1.165) is 44.9 Å². The number of esters is 4. The fourth-order valence-electron chi connectivity index (χ4n) is 6.31. The second-order valence-corrected chi connectivity index (χ2v) is 14.6. The molecule has 0 saturated heterocycles. The molecule has 0 aromatic carbocycles. The Kier molecular flexibility index (Phi) is 33.5. The zero-order chi connectivity index (χ0) is 38.0. The van der Waals surface area contributed by atoms with Crippen molar-refractivity contribution in [1.29, 1.82) is 0 Å². The lowest BCUT2D eigenvalue weighted by Gasteiger charge is -2.19. The van der Waals surface area contributed by atoms with Crippen molar-refractivity contribution in [2.75, 3.05) is 6.61 Å². The molecule has 0 saturated carbocycles. The average molecular weight is 725 g/mol. The Morgan fingerprint density at radius 2 is 0.725 bits per heavy atom. The van der Waals surface area contributed by atoms with Gasteiger partial charge in [0.05, 0.1) is 6.61 Å². The Morgan fingerprint density at radius 3 is 1.10 bits per heavy atom. The summed E-state index contributed by atoms with van der Waals surface area (Å²) in [4.78, 5) is 49.6. The maximum absolute atomic E-state index is 12.5. The molecule has 4 unspecified atom stereocenters. The first kappa shape index (κ1) is 48.9. The van der Waals surface area contributed by atoms with Crippen molar-refractivity contribution in [3.8, 4) is 0 Å². The van der Waals surface area contributed by atoms with Crippen LogP contribution in [0.2, 0.25) is 0 Å². The van der Waals surface area contributed by atoms with Crippen molar-refractivity contribution in [3.63, 3.8) is 0 Å². The van der Waals surface area contributed by atoms with Gasteiger partial charge in [0.2, 0.25) is 0 Å². The number of carbonyl (C=O) groups excluding carboxylic acids is 4. The zero-order valence-electron chi connectivity index (χ0n) is 34.1. The molecular formula is C43H80O8. The van der Waals surface area contributed by atoms with Gasteiger partial charge >= 0.3 is 23.9 Å². The molecule has 0 rings (SSSR count). The van der Waals surface area contributed by atoms with Crippen LogP contribution in [0.15, 0.2) is 0 Å². The summed E-state index contributed by atoms with van der Waals surface area (Å²) in [5.41, 5.74) is 0. The van der Waals surface area contributed by atoms with Gasteiger partial charge in [0.1, 0.15) is 18.3 Å². The lowest BCUT2D eigenvalue weighted by molar-refractivity contribution is -0.151. The smallest absolute Gasteiger partial charge is 0.306 e. The quantitative estimate of drug-likeness (QED) is 0.0357. The van der Waals surface area contributed by atoms with Crippen molar-refractivity contribution in [3.05, 3.63) is 0 Å². The minimum Gasteiger partial charge on any atom is -0.465 e. The highest BCUT2D eigenvalue weighted by Crippen LogP contribution is 2.18. The molecule has 51 heavy (non-hydrogen) atoms. The molecule has 8 nitrogen and oxygen atoms in total. The normalized spacial score (nSPS) is 13.6. The molecule has 0 aliphatic heterocycles. The highest BCUT2D eigenvalue weighted by molar-refractivity contribution is 5.71. The molecule has 300 valence electrons. The maximum Gasteiger partial charge on any atom is 0.306 e. The van der Waals surface area contributed by atoms with Gasteiger partial charge in [0.15, 0.2) is 0 Å². The van der Waals surface area contributed by atoms with Gasteiger partial charge in [-0.15, -0.1) is 0 Å². The van der Waals surface area contributed by atoms with Crippen molar-refractivity contribution >= 4 is 23.9 Å². The molecule has 0 N–H and O–H groups in total. The number of ether oxygens (including phenoxy) is 4. The molecular weight excluding hydrogens is 644 g/mol. The van der Waals surface area contributed by atoms with E-state index in [2.05, 4.69) is 20.8 Å². The van der Waals surface area contributed by atoms with Gasteiger partial charge in [-0.1, -0.05) is 125 Å². The van der Waals surface area contributed by atoms with Crippen LogP contribution in [-0.4, -0.2) is 48.8 Å². The van der Waals surface area contributed by atoms with Crippen LogP contribution in [0.5, 0.6) is 0 Å². The molecule has 0 aliphatic rings. The number of hydrogen-bond donors (Lipinski definition) is 0. The second kappa shape index (κ2) is 34.9. The molecule has 0 aromatic rings. The van der Waals surface area contributed by atoms with Gasteiger partial charge in [0, 0.05) is 25.7 Å². The summed E-state index contributed by atoms with van der Waals surface area (Å²) < 4.78 is 22.6. The Bertz CT molecular complexity index is 859. The topological polar surface area (TPSA) is 105 Å². The molecule has 0 aliphatic carbocycles. The Balaban J connectivity index is 4.12. The van der Waals surface area contributed by atoms with Crippen molar-refractivity contribution in [1.82, 2.24) is 0 Å². The third kappa shape index (κ3) is 30.1. The van der Waals surface area contributed by atoms with E-state index in [1.165, 1.54) is 57.8 Å². The molecule has 4 atom stereocenters. The molecule has 0 amide bonds. The zero-order valence-corrected chi connectivity index (χ0v) is 34.1. The monoisotopic (exact) mass is 725 g/mol. The van der Waals surface area contributed by atoms with Crippen LogP contribution in [0.4, 0.5) is 0 Å². The van der Waals surface area contributed by atoms with E-state index in [1.54, 1.807) is 0 Å². The number of carbonyl (C=O) groups is 4. The van der Waals surface area contributed by atoms with Crippen LogP contribution in [0.3, 0.4) is 0 Å². The van der Waals surface area contributed by atoms with Crippen LogP contribution in [0.25, 0.3) is 0 Å². The Hall–Kier alpha value is -2.12. The van der Waals surface area contributed by atoms with Gasteiger partial charge in [-0.25, -0.2) is 0 Å². The molecule has 0 radical (unpaired) electrons. The molecule has 0 bridgehead atoms. The largest absolute Gasteiger partial charge is 0.465 e. The predicted octanol–water partition coefficient (Wildman–Crippen LogP) is 11.9. The number of rotatable bonds is 36. The molecule has 0 fully saturated rings. The first-order valence-corrected chi connectivity index (χ1v) is 21.5. The van der Waals surface area contributed by atoms with Gasteiger partial charge in [-0.2, -0.15) is 0 Å².